The lowest BCUT2D eigenvalue weighted by Gasteiger charge is -2.05. The first-order valence-corrected chi connectivity index (χ1v) is 5.80. The Kier molecular flexibility index (Phi) is 2.47. The Labute approximate surface area is 103 Å². The lowest BCUT2D eigenvalue weighted by Crippen LogP contribution is -2.11. The topological polar surface area (TPSA) is 96.7 Å². The molecule has 0 radical (unpaired) electrons. The molecule has 2 aromatic rings. The molecule has 2 aromatic heterocycles. The average Bonchev–Trinajstić information content (AvgIpc) is 3.17. The molecule has 0 unspecified atom stereocenters. The summed E-state index contributed by atoms with van der Waals surface area (Å²) in [5.41, 5.74) is 6.98. The molecule has 1 aliphatic rings. The van der Waals surface area contributed by atoms with Gasteiger partial charge in [0.25, 0.3) is 5.56 Å². The fourth-order valence-corrected chi connectivity index (χ4v) is 1.65. The van der Waals surface area contributed by atoms with Crippen molar-refractivity contribution in [1.82, 2.24) is 15.0 Å². The van der Waals surface area contributed by atoms with Crippen LogP contribution in [0.1, 0.15) is 12.8 Å². The van der Waals surface area contributed by atoms with E-state index in [9.17, 15) is 4.79 Å². The van der Waals surface area contributed by atoms with Crippen molar-refractivity contribution < 1.29 is 0 Å². The van der Waals surface area contributed by atoms with E-state index >= 15 is 0 Å². The van der Waals surface area contributed by atoms with Crippen molar-refractivity contribution >= 4 is 11.6 Å². The minimum Gasteiger partial charge on any atom is -0.394 e. The van der Waals surface area contributed by atoms with Gasteiger partial charge in [0.05, 0.1) is 11.4 Å². The van der Waals surface area contributed by atoms with Crippen LogP contribution in [0.25, 0.3) is 11.3 Å². The Morgan fingerprint density at radius 3 is 3.00 bits per heavy atom. The molecule has 2 heterocycles. The van der Waals surface area contributed by atoms with Crippen molar-refractivity contribution in [2.75, 3.05) is 11.1 Å². The van der Waals surface area contributed by atoms with Crippen molar-refractivity contribution in [2.45, 2.75) is 18.9 Å². The molecule has 18 heavy (non-hydrogen) atoms. The summed E-state index contributed by atoms with van der Waals surface area (Å²) < 4.78 is 0. The van der Waals surface area contributed by atoms with E-state index in [1.165, 1.54) is 12.8 Å². The number of aromatic nitrogens is 3. The molecule has 0 atom stereocenters. The highest BCUT2D eigenvalue weighted by Crippen LogP contribution is 2.24. The highest BCUT2D eigenvalue weighted by atomic mass is 16.1. The zero-order chi connectivity index (χ0) is 12.5. The fraction of sp³-hybridized carbons (Fsp3) is 0.250. The molecule has 0 aromatic carbocycles. The molecule has 92 valence electrons. The predicted molar refractivity (Wildman–Crippen MR) is 69.1 cm³/mol. The number of hydrogen-bond acceptors (Lipinski definition) is 5. The van der Waals surface area contributed by atoms with E-state index in [0.29, 0.717) is 12.0 Å². The van der Waals surface area contributed by atoms with Gasteiger partial charge in [-0.3, -0.25) is 4.79 Å². The lowest BCUT2D eigenvalue weighted by molar-refractivity contribution is 1.05. The highest BCUT2D eigenvalue weighted by molar-refractivity contribution is 5.62. The summed E-state index contributed by atoms with van der Waals surface area (Å²) in [6.07, 6.45) is 5.62. The number of nitrogen functional groups attached to an aromatic ring is 1. The number of anilines is 2. The van der Waals surface area contributed by atoms with Crippen molar-refractivity contribution in [3.8, 4) is 11.3 Å². The summed E-state index contributed by atoms with van der Waals surface area (Å²) >= 11 is 0. The summed E-state index contributed by atoms with van der Waals surface area (Å²) in [5, 5.41) is 3.23. The number of nitrogens with one attached hydrogen (secondary N) is 2. The lowest BCUT2D eigenvalue weighted by atomic mass is 10.2. The van der Waals surface area contributed by atoms with E-state index in [4.69, 9.17) is 5.73 Å². The second-order valence-electron chi connectivity index (χ2n) is 4.36. The Morgan fingerprint density at radius 1 is 1.44 bits per heavy atom. The number of hydrogen-bond donors (Lipinski definition) is 3. The molecule has 0 aliphatic heterocycles. The quantitative estimate of drug-likeness (QED) is 0.747. The normalized spacial score (nSPS) is 14.4. The van der Waals surface area contributed by atoms with E-state index in [0.717, 1.165) is 11.3 Å². The number of nitrogens with zero attached hydrogens (tertiary/aromatic N) is 2. The van der Waals surface area contributed by atoms with E-state index in [1.807, 2.05) is 0 Å². The summed E-state index contributed by atoms with van der Waals surface area (Å²) in [6, 6.07) is 3.90. The molecule has 0 amide bonds. The maximum atomic E-state index is 11.2. The molecule has 1 aliphatic carbocycles. The average molecular weight is 243 g/mol. The molecule has 0 spiro atoms. The zero-order valence-corrected chi connectivity index (χ0v) is 9.68. The van der Waals surface area contributed by atoms with Gasteiger partial charge in [-0.2, -0.15) is 0 Å². The first kappa shape index (κ1) is 10.8. The van der Waals surface area contributed by atoms with Crippen LogP contribution in [0.2, 0.25) is 0 Å². The third-order valence-electron chi connectivity index (χ3n) is 2.79. The SMILES string of the molecule is Nc1cc(-c2ccnc(NC3CC3)n2)c[nH]c1=O. The van der Waals surface area contributed by atoms with E-state index in [2.05, 4.69) is 20.3 Å². The van der Waals surface area contributed by atoms with Crippen LogP contribution < -0.4 is 16.6 Å². The Bertz CT molecular complexity index is 632. The van der Waals surface area contributed by atoms with Gasteiger partial charge < -0.3 is 16.0 Å². The molecule has 0 bridgehead atoms. The van der Waals surface area contributed by atoms with Gasteiger partial charge in [-0.15, -0.1) is 0 Å². The number of rotatable bonds is 3. The first-order valence-electron chi connectivity index (χ1n) is 5.80. The summed E-state index contributed by atoms with van der Waals surface area (Å²) in [4.78, 5) is 22.3. The number of H-pyrrole nitrogens is 1. The fourth-order valence-electron chi connectivity index (χ4n) is 1.65. The molecular formula is C12H13N5O. The van der Waals surface area contributed by atoms with Crippen molar-refractivity contribution in [3.05, 3.63) is 34.9 Å². The molecular weight excluding hydrogens is 230 g/mol. The van der Waals surface area contributed by atoms with Gasteiger partial charge in [-0.25, -0.2) is 9.97 Å². The van der Waals surface area contributed by atoms with Gasteiger partial charge in [-0.1, -0.05) is 0 Å². The molecule has 0 saturated heterocycles. The number of aromatic amines is 1. The molecule has 6 heteroatoms. The largest absolute Gasteiger partial charge is 0.394 e. The minimum absolute atomic E-state index is 0.183. The molecule has 3 rings (SSSR count). The van der Waals surface area contributed by atoms with Crippen LogP contribution in [0, 0.1) is 0 Å². The third kappa shape index (κ3) is 2.17. The number of pyridine rings is 1. The van der Waals surface area contributed by atoms with Crippen LogP contribution >= 0.6 is 0 Å². The second-order valence-corrected chi connectivity index (χ2v) is 4.36. The van der Waals surface area contributed by atoms with Crippen molar-refractivity contribution in [2.24, 2.45) is 0 Å². The highest BCUT2D eigenvalue weighted by Gasteiger charge is 2.21. The summed E-state index contributed by atoms with van der Waals surface area (Å²) in [5.74, 6) is 0.611. The second kappa shape index (κ2) is 4.14. The van der Waals surface area contributed by atoms with Crippen LogP contribution in [0.15, 0.2) is 29.3 Å². The Balaban J connectivity index is 1.94. The van der Waals surface area contributed by atoms with Crippen LogP contribution in [0.4, 0.5) is 11.6 Å². The van der Waals surface area contributed by atoms with Crippen molar-refractivity contribution in [3.63, 3.8) is 0 Å². The van der Waals surface area contributed by atoms with Crippen LogP contribution in [-0.4, -0.2) is 21.0 Å². The summed E-state index contributed by atoms with van der Waals surface area (Å²) in [7, 11) is 0. The zero-order valence-electron chi connectivity index (χ0n) is 9.68. The van der Waals surface area contributed by atoms with Crippen LogP contribution in [0.5, 0.6) is 0 Å². The van der Waals surface area contributed by atoms with Crippen LogP contribution in [-0.2, 0) is 0 Å². The van der Waals surface area contributed by atoms with Gasteiger partial charge in [-0.05, 0) is 25.0 Å². The minimum atomic E-state index is -0.288. The standard InChI is InChI=1S/C12H13N5O/c13-9-5-7(6-15-11(9)18)10-3-4-14-12(17-10)16-8-1-2-8/h3-6,8H,1-2,13H2,(H,15,18)(H,14,16,17). The molecule has 1 saturated carbocycles. The predicted octanol–water partition coefficient (Wildman–Crippen LogP) is 0.988. The van der Waals surface area contributed by atoms with Gasteiger partial charge in [0.1, 0.15) is 0 Å². The van der Waals surface area contributed by atoms with Crippen LogP contribution in [0.3, 0.4) is 0 Å². The van der Waals surface area contributed by atoms with Gasteiger partial charge in [0.15, 0.2) is 0 Å². The molecule has 6 nitrogen and oxygen atoms in total. The van der Waals surface area contributed by atoms with Crippen molar-refractivity contribution in [1.29, 1.82) is 0 Å². The first-order chi connectivity index (χ1) is 8.72. The third-order valence-corrected chi connectivity index (χ3v) is 2.79. The smallest absolute Gasteiger partial charge is 0.271 e. The molecule has 4 N–H and O–H groups in total. The Morgan fingerprint density at radius 2 is 2.28 bits per heavy atom. The Hall–Kier alpha value is -2.37. The monoisotopic (exact) mass is 243 g/mol. The van der Waals surface area contributed by atoms with E-state index in [1.54, 1.807) is 24.5 Å². The maximum absolute atomic E-state index is 11.2. The van der Waals surface area contributed by atoms with Gasteiger partial charge in [0, 0.05) is 24.0 Å². The maximum Gasteiger partial charge on any atom is 0.271 e. The summed E-state index contributed by atoms with van der Waals surface area (Å²) in [6.45, 7) is 0. The van der Waals surface area contributed by atoms with Gasteiger partial charge >= 0.3 is 0 Å². The molecule has 1 fully saturated rings. The van der Waals surface area contributed by atoms with E-state index in [-0.39, 0.29) is 11.2 Å². The van der Waals surface area contributed by atoms with E-state index < -0.39 is 0 Å². The number of nitrogens with two attached hydrogens (primary N) is 1. The van der Waals surface area contributed by atoms with Gasteiger partial charge in [0.2, 0.25) is 5.95 Å².